The lowest BCUT2D eigenvalue weighted by molar-refractivity contribution is 0.195. The van der Waals surface area contributed by atoms with Crippen LogP contribution in [-0.2, 0) is 0 Å². The Bertz CT molecular complexity index is 159. The molecule has 1 saturated carbocycles. The van der Waals surface area contributed by atoms with Crippen molar-refractivity contribution in [1.29, 1.82) is 0 Å². The fourth-order valence-electron chi connectivity index (χ4n) is 2.77. The van der Waals surface area contributed by atoms with Crippen LogP contribution in [0.4, 0.5) is 0 Å². The average Bonchev–Trinajstić information content (AvgIpc) is 2.26. The van der Waals surface area contributed by atoms with E-state index in [2.05, 4.69) is 24.2 Å². The molecule has 1 fully saturated rings. The van der Waals surface area contributed by atoms with E-state index in [0.29, 0.717) is 0 Å². The highest BCUT2D eigenvalue weighted by Gasteiger charge is 2.21. The molecule has 0 aliphatic heterocycles. The van der Waals surface area contributed by atoms with Crippen molar-refractivity contribution in [2.24, 2.45) is 11.8 Å². The van der Waals surface area contributed by atoms with E-state index < -0.39 is 0 Å². The highest BCUT2D eigenvalue weighted by molar-refractivity contribution is 4.74. The van der Waals surface area contributed by atoms with Crippen LogP contribution < -0.4 is 5.32 Å². The number of rotatable bonds is 6. The van der Waals surface area contributed by atoms with Gasteiger partial charge in [0.2, 0.25) is 0 Å². The van der Waals surface area contributed by atoms with Gasteiger partial charge in [-0.05, 0) is 38.8 Å². The maximum Gasteiger partial charge on any atom is 0.0104 e. The van der Waals surface area contributed by atoms with E-state index in [9.17, 15) is 0 Å². The zero-order chi connectivity index (χ0) is 11.1. The molecule has 0 aromatic carbocycles. The predicted octanol–water partition coefficient (Wildman–Crippen LogP) is 2.35. The summed E-state index contributed by atoms with van der Waals surface area (Å²) in [6.07, 6.45) is 7.26. The Hall–Kier alpha value is -0.0800. The Balaban J connectivity index is 2.19. The molecule has 0 heterocycles. The first-order chi connectivity index (χ1) is 7.26. The lowest BCUT2D eigenvalue weighted by Gasteiger charge is -2.31. The molecule has 2 unspecified atom stereocenters. The zero-order valence-electron chi connectivity index (χ0n) is 10.8. The Morgan fingerprint density at radius 3 is 2.67 bits per heavy atom. The summed E-state index contributed by atoms with van der Waals surface area (Å²) in [5, 5.41) is 3.21. The summed E-state index contributed by atoms with van der Waals surface area (Å²) < 4.78 is 0. The fourth-order valence-corrected chi connectivity index (χ4v) is 2.77. The van der Waals surface area contributed by atoms with Gasteiger partial charge in [-0.2, -0.15) is 0 Å². The van der Waals surface area contributed by atoms with Gasteiger partial charge in [-0.1, -0.05) is 26.2 Å². The van der Waals surface area contributed by atoms with Gasteiger partial charge in [-0.3, -0.25) is 0 Å². The van der Waals surface area contributed by atoms with Gasteiger partial charge < -0.3 is 10.2 Å². The van der Waals surface area contributed by atoms with Crippen LogP contribution in [0.2, 0.25) is 0 Å². The molecule has 0 radical (unpaired) electrons. The van der Waals surface area contributed by atoms with E-state index >= 15 is 0 Å². The van der Waals surface area contributed by atoms with Crippen LogP contribution in [0.3, 0.4) is 0 Å². The molecule has 1 rings (SSSR count). The van der Waals surface area contributed by atoms with Crippen LogP contribution in [0.5, 0.6) is 0 Å². The molecule has 1 N–H and O–H groups in total. The van der Waals surface area contributed by atoms with Gasteiger partial charge in [0.05, 0.1) is 0 Å². The summed E-state index contributed by atoms with van der Waals surface area (Å²) in [4.78, 5) is 2.49. The minimum Gasteiger partial charge on any atom is -0.318 e. The van der Waals surface area contributed by atoms with Crippen molar-refractivity contribution in [3.8, 4) is 0 Å². The van der Waals surface area contributed by atoms with Crippen molar-refractivity contribution in [2.45, 2.75) is 39.0 Å². The van der Waals surface area contributed by atoms with Crippen molar-refractivity contribution >= 4 is 0 Å². The normalized spacial score (nSPS) is 27.2. The van der Waals surface area contributed by atoms with E-state index in [1.165, 1.54) is 45.2 Å². The summed E-state index contributed by atoms with van der Waals surface area (Å²) >= 11 is 0. The highest BCUT2D eigenvalue weighted by Crippen LogP contribution is 2.31. The SMILES string of the molecule is CCC1CCCC(CN(C)CCNC)C1. The Morgan fingerprint density at radius 1 is 1.27 bits per heavy atom. The largest absolute Gasteiger partial charge is 0.318 e. The van der Waals surface area contributed by atoms with Crippen molar-refractivity contribution in [1.82, 2.24) is 10.2 Å². The maximum atomic E-state index is 3.21. The van der Waals surface area contributed by atoms with E-state index in [0.717, 1.165) is 18.4 Å². The van der Waals surface area contributed by atoms with Gasteiger partial charge in [0.1, 0.15) is 0 Å². The molecule has 2 nitrogen and oxygen atoms in total. The number of hydrogen-bond acceptors (Lipinski definition) is 2. The number of nitrogens with one attached hydrogen (secondary N) is 1. The summed E-state index contributed by atoms with van der Waals surface area (Å²) in [7, 11) is 4.29. The molecule has 2 heteroatoms. The first-order valence-electron chi connectivity index (χ1n) is 6.59. The van der Waals surface area contributed by atoms with Crippen molar-refractivity contribution in [3.05, 3.63) is 0 Å². The first-order valence-corrected chi connectivity index (χ1v) is 6.59. The van der Waals surface area contributed by atoms with Crippen LogP contribution in [0, 0.1) is 11.8 Å². The molecule has 0 saturated heterocycles. The lowest BCUT2D eigenvalue weighted by Crippen LogP contribution is -2.33. The molecule has 2 atom stereocenters. The summed E-state index contributed by atoms with van der Waals surface area (Å²) in [6.45, 7) is 5.94. The monoisotopic (exact) mass is 212 g/mol. The molecule has 90 valence electrons. The molecule has 1 aliphatic rings. The molecule has 0 amide bonds. The van der Waals surface area contributed by atoms with Gasteiger partial charge in [-0.25, -0.2) is 0 Å². The fraction of sp³-hybridized carbons (Fsp3) is 1.00. The van der Waals surface area contributed by atoms with E-state index in [1.54, 1.807) is 0 Å². The number of likely N-dealkylation sites (N-methyl/N-ethyl adjacent to an activating group) is 2. The number of hydrogen-bond donors (Lipinski definition) is 1. The van der Waals surface area contributed by atoms with Crippen LogP contribution in [-0.4, -0.2) is 38.6 Å². The van der Waals surface area contributed by atoms with Crippen molar-refractivity contribution in [2.75, 3.05) is 33.7 Å². The molecule has 1 aliphatic carbocycles. The first kappa shape index (κ1) is 13.0. The van der Waals surface area contributed by atoms with Gasteiger partial charge >= 0.3 is 0 Å². The van der Waals surface area contributed by atoms with Gasteiger partial charge in [-0.15, -0.1) is 0 Å². The minimum atomic E-state index is 0.963. The predicted molar refractivity (Wildman–Crippen MR) is 67.2 cm³/mol. The van der Waals surface area contributed by atoms with Crippen LogP contribution >= 0.6 is 0 Å². The molecule has 0 spiro atoms. The zero-order valence-corrected chi connectivity index (χ0v) is 10.8. The third-order valence-corrected chi connectivity index (χ3v) is 3.78. The quantitative estimate of drug-likeness (QED) is 0.727. The van der Waals surface area contributed by atoms with Gasteiger partial charge in [0, 0.05) is 19.6 Å². The second-order valence-corrected chi connectivity index (χ2v) is 5.17. The Morgan fingerprint density at radius 2 is 2.00 bits per heavy atom. The molecular formula is C13H28N2. The lowest BCUT2D eigenvalue weighted by atomic mass is 9.80. The smallest absolute Gasteiger partial charge is 0.0104 e. The molecular weight excluding hydrogens is 184 g/mol. The third kappa shape index (κ3) is 4.98. The average molecular weight is 212 g/mol. The van der Waals surface area contributed by atoms with Crippen LogP contribution in [0.25, 0.3) is 0 Å². The molecule has 0 aromatic heterocycles. The van der Waals surface area contributed by atoms with Crippen molar-refractivity contribution < 1.29 is 0 Å². The summed E-state index contributed by atoms with van der Waals surface area (Å²) in [6, 6.07) is 0. The van der Waals surface area contributed by atoms with Crippen LogP contribution in [0.15, 0.2) is 0 Å². The topological polar surface area (TPSA) is 15.3 Å². The number of nitrogens with zero attached hydrogens (tertiary/aromatic N) is 1. The summed E-state index contributed by atoms with van der Waals surface area (Å²) in [5.41, 5.74) is 0. The molecule has 0 aromatic rings. The minimum absolute atomic E-state index is 0.963. The van der Waals surface area contributed by atoms with E-state index in [4.69, 9.17) is 0 Å². The van der Waals surface area contributed by atoms with Crippen LogP contribution in [0.1, 0.15) is 39.0 Å². The Labute approximate surface area is 95.4 Å². The standard InChI is InChI=1S/C13H28N2/c1-4-12-6-5-7-13(10-12)11-15(3)9-8-14-2/h12-14H,4-11H2,1-3H3. The van der Waals surface area contributed by atoms with Gasteiger partial charge in [0.15, 0.2) is 0 Å². The Kier molecular flexibility index (Phi) is 6.26. The van der Waals surface area contributed by atoms with E-state index in [-0.39, 0.29) is 0 Å². The highest BCUT2D eigenvalue weighted by atomic mass is 15.1. The third-order valence-electron chi connectivity index (χ3n) is 3.78. The second-order valence-electron chi connectivity index (χ2n) is 5.17. The molecule has 15 heavy (non-hydrogen) atoms. The van der Waals surface area contributed by atoms with Crippen molar-refractivity contribution in [3.63, 3.8) is 0 Å². The molecule has 0 bridgehead atoms. The van der Waals surface area contributed by atoms with Gasteiger partial charge in [0.25, 0.3) is 0 Å². The summed E-state index contributed by atoms with van der Waals surface area (Å²) in [5.74, 6) is 1.98. The van der Waals surface area contributed by atoms with E-state index in [1.807, 2.05) is 7.05 Å². The second kappa shape index (κ2) is 7.24. The maximum absolute atomic E-state index is 3.21.